The topological polar surface area (TPSA) is 48.3 Å². The molecule has 0 bridgehead atoms. The Labute approximate surface area is 169 Å². The van der Waals surface area contributed by atoms with Crippen molar-refractivity contribution >= 4 is 23.5 Å². The summed E-state index contributed by atoms with van der Waals surface area (Å²) in [7, 11) is 1.31. The lowest BCUT2D eigenvalue weighted by Crippen LogP contribution is -2.20. The van der Waals surface area contributed by atoms with E-state index in [1.165, 1.54) is 75.9 Å². The van der Waals surface area contributed by atoms with Gasteiger partial charge in [-0.3, -0.25) is 9.36 Å². The molecule has 0 N–H and O–H groups in total. The van der Waals surface area contributed by atoms with Crippen LogP contribution in [0.25, 0.3) is 0 Å². The molecule has 4 nitrogen and oxygen atoms in total. The lowest BCUT2D eigenvalue weighted by Gasteiger charge is -2.11. The third-order valence-corrected chi connectivity index (χ3v) is 5.30. The largest absolute Gasteiger partial charge is 0.464 e. The van der Waals surface area contributed by atoms with Gasteiger partial charge >= 0.3 is 5.97 Å². The number of halogens is 1. The fourth-order valence-electron chi connectivity index (χ4n) is 3.29. The minimum atomic E-state index is -0.509. The number of rotatable bonds is 15. The summed E-state index contributed by atoms with van der Waals surface area (Å²) < 4.78 is 6.02. The van der Waals surface area contributed by atoms with E-state index in [2.05, 4.69) is 11.7 Å². The standard InChI is InChI=1S/C22H36ClNO3/c1-3-4-5-6-7-8-9-10-11-12-13-15-19(23)18-21(25)24-17-14-16-20(24)22(26)27-2/h14,16-17,19H,3-13,15,18H2,1-2H3. The van der Waals surface area contributed by atoms with Crippen LogP contribution in [0.4, 0.5) is 0 Å². The van der Waals surface area contributed by atoms with Crippen molar-refractivity contribution in [3.8, 4) is 0 Å². The van der Waals surface area contributed by atoms with Crippen LogP contribution in [0.5, 0.6) is 0 Å². The fraction of sp³-hybridized carbons (Fsp3) is 0.727. The van der Waals surface area contributed by atoms with E-state index in [-0.39, 0.29) is 23.4 Å². The van der Waals surface area contributed by atoms with Crippen LogP contribution < -0.4 is 0 Å². The lowest BCUT2D eigenvalue weighted by atomic mass is 10.0. The van der Waals surface area contributed by atoms with Crippen LogP contribution in [0.1, 0.15) is 106 Å². The summed E-state index contributed by atoms with van der Waals surface area (Å²) in [5.74, 6) is -0.673. The van der Waals surface area contributed by atoms with Crippen molar-refractivity contribution in [2.45, 2.75) is 95.8 Å². The molecule has 0 saturated heterocycles. The van der Waals surface area contributed by atoms with Crippen molar-refractivity contribution < 1.29 is 14.3 Å². The summed E-state index contributed by atoms with van der Waals surface area (Å²) in [5.41, 5.74) is 0.251. The summed E-state index contributed by atoms with van der Waals surface area (Å²) in [4.78, 5) is 24.0. The van der Waals surface area contributed by atoms with Gasteiger partial charge in [0.1, 0.15) is 5.69 Å². The van der Waals surface area contributed by atoms with E-state index in [0.29, 0.717) is 0 Å². The molecule has 0 saturated carbocycles. The van der Waals surface area contributed by atoms with E-state index in [9.17, 15) is 9.59 Å². The highest BCUT2D eigenvalue weighted by molar-refractivity contribution is 6.21. The van der Waals surface area contributed by atoms with Gasteiger partial charge in [-0.25, -0.2) is 4.79 Å². The van der Waals surface area contributed by atoms with Gasteiger partial charge in [0.05, 0.1) is 7.11 Å². The lowest BCUT2D eigenvalue weighted by molar-refractivity contribution is 0.0580. The molecule has 0 aliphatic heterocycles. The van der Waals surface area contributed by atoms with Crippen molar-refractivity contribution in [1.29, 1.82) is 0 Å². The van der Waals surface area contributed by atoms with Crippen LogP contribution in [-0.4, -0.2) is 28.9 Å². The van der Waals surface area contributed by atoms with E-state index >= 15 is 0 Å². The van der Waals surface area contributed by atoms with Gasteiger partial charge in [0, 0.05) is 18.0 Å². The third kappa shape index (κ3) is 9.99. The van der Waals surface area contributed by atoms with Crippen LogP contribution in [-0.2, 0) is 4.74 Å². The Morgan fingerprint density at radius 2 is 1.56 bits per heavy atom. The average Bonchev–Trinajstić information content (AvgIpc) is 3.15. The minimum absolute atomic E-state index is 0.163. The van der Waals surface area contributed by atoms with Gasteiger partial charge in [0.2, 0.25) is 5.91 Å². The molecule has 1 atom stereocenters. The van der Waals surface area contributed by atoms with Gasteiger partial charge < -0.3 is 4.74 Å². The highest BCUT2D eigenvalue weighted by Crippen LogP contribution is 2.17. The van der Waals surface area contributed by atoms with E-state index < -0.39 is 5.97 Å². The highest BCUT2D eigenvalue weighted by atomic mass is 35.5. The minimum Gasteiger partial charge on any atom is -0.464 e. The van der Waals surface area contributed by atoms with E-state index in [0.717, 1.165) is 12.8 Å². The molecule has 0 aliphatic rings. The number of ether oxygens (including phenoxy) is 1. The van der Waals surface area contributed by atoms with Gasteiger partial charge in [-0.1, -0.05) is 77.6 Å². The Bertz CT molecular complexity index is 541. The molecule has 0 aliphatic carbocycles. The maximum absolute atomic E-state index is 12.3. The first-order chi connectivity index (χ1) is 13.1. The molecule has 0 radical (unpaired) electrons. The molecular formula is C22H36ClNO3. The third-order valence-electron chi connectivity index (χ3n) is 4.93. The van der Waals surface area contributed by atoms with Gasteiger partial charge in [-0.05, 0) is 18.6 Å². The van der Waals surface area contributed by atoms with Gasteiger partial charge in [0.25, 0.3) is 0 Å². The number of carbonyl (C=O) groups excluding carboxylic acids is 2. The van der Waals surface area contributed by atoms with E-state index in [1.54, 1.807) is 18.3 Å². The predicted octanol–water partition coefficient (Wildman–Crippen LogP) is 6.61. The summed E-state index contributed by atoms with van der Waals surface area (Å²) in [5, 5.41) is -0.191. The maximum Gasteiger partial charge on any atom is 0.355 e. The zero-order valence-corrected chi connectivity index (χ0v) is 17.8. The number of hydrogen-bond donors (Lipinski definition) is 0. The summed E-state index contributed by atoms with van der Waals surface area (Å²) in [6.45, 7) is 2.25. The first-order valence-corrected chi connectivity index (χ1v) is 11.0. The van der Waals surface area contributed by atoms with Gasteiger partial charge in [0.15, 0.2) is 0 Å². The number of hydrogen-bond acceptors (Lipinski definition) is 3. The second kappa shape index (κ2) is 14.7. The Kier molecular flexibility index (Phi) is 13.0. The van der Waals surface area contributed by atoms with Crippen molar-refractivity contribution in [3.05, 3.63) is 24.0 Å². The second-order valence-corrected chi connectivity index (χ2v) is 7.89. The van der Waals surface area contributed by atoms with Crippen molar-refractivity contribution in [1.82, 2.24) is 4.57 Å². The van der Waals surface area contributed by atoms with Crippen molar-refractivity contribution in [3.63, 3.8) is 0 Å². The summed E-state index contributed by atoms with van der Waals surface area (Å²) in [6, 6.07) is 3.24. The molecule has 0 aromatic carbocycles. The smallest absolute Gasteiger partial charge is 0.355 e. The van der Waals surface area contributed by atoms with Gasteiger partial charge in [-0.15, -0.1) is 11.6 Å². The number of carbonyl (C=O) groups is 2. The zero-order valence-electron chi connectivity index (χ0n) is 17.1. The summed E-state index contributed by atoms with van der Waals surface area (Å²) >= 11 is 6.33. The van der Waals surface area contributed by atoms with Crippen molar-refractivity contribution in [2.75, 3.05) is 7.11 Å². The van der Waals surface area contributed by atoms with Gasteiger partial charge in [-0.2, -0.15) is 0 Å². The normalized spacial score (nSPS) is 12.1. The van der Waals surface area contributed by atoms with Crippen LogP contribution in [0, 0.1) is 0 Å². The molecule has 1 aromatic rings. The molecule has 0 fully saturated rings. The summed E-state index contributed by atoms with van der Waals surface area (Å²) in [6.07, 6.45) is 16.9. The van der Waals surface area contributed by atoms with E-state index in [4.69, 9.17) is 11.6 Å². The number of nitrogens with zero attached hydrogens (tertiary/aromatic N) is 1. The SMILES string of the molecule is CCCCCCCCCCCCCC(Cl)CC(=O)n1cccc1C(=O)OC. The molecule has 5 heteroatoms. The molecule has 1 unspecified atom stereocenters. The predicted molar refractivity (Wildman–Crippen MR) is 112 cm³/mol. The number of alkyl halides is 1. The number of aromatic nitrogens is 1. The molecule has 1 aromatic heterocycles. The van der Waals surface area contributed by atoms with Crippen LogP contribution in [0.15, 0.2) is 18.3 Å². The monoisotopic (exact) mass is 397 g/mol. The Morgan fingerprint density at radius 3 is 2.11 bits per heavy atom. The molecule has 0 amide bonds. The maximum atomic E-state index is 12.3. The van der Waals surface area contributed by atoms with Crippen LogP contribution >= 0.6 is 11.6 Å². The molecule has 1 heterocycles. The highest BCUT2D eigenvalue weighted by Gasteiger charge is 2.18. The second-order valence-electron chi connectivity index (χ2n) is 7.27. The van der Waals surface area contributed by atoms with Crippen LogP contribution in [0.2, 0.25) is 0 Å². The number of unbranched alkanes of at least 4 members (excludes halogenated alkanes) is 10. The first kappa shape index (κ1) is 23.7. The molecule has 0 spiro atoms. The first-order valence-electron chi connectivity index (χ1n) is 10.5. The molecule has 154 valence electrons. The molecule has 1 rings (SSSR count). The van der Waals surface area contributed by atoms with Crippen LogP contribution in [0.3, 0.4) is 0 Å². The fourth-order valence-corrected chi connectivity index (χ4v) is 3.58. The molecular weight excluding hydrogens is 362 g/mol. The number of esters is 1. The Hall–Kier alpha value is -1.29. The average molecular weight is 398 g/mol. The zero-order chi connectivity index (χ0) is 19.9. The number of methoxy groups -OCH3 is 1. The molecule has 27 heavy (non-hydrogen) atoms. The Balaban J connectivity index is 2.09. The quantitative estimate of drug-likeness (QED) is 0.190. The van der Waals surface area contributed by atoms with Crippen molar-refractivity contribution in [2.24, 2.45) is 0 Å². The Morgan fingerprint density at radius 1 is 1.00 bits per heavy atom. The van der Waals surface area contributed by atoms with E-state index in [1.807, 2.05) is 0 Å².